The molecule has 122 valence electrons. The molecule has 1 aliphatic rings. The third-order valence-corrected chi connectivity index (χ3v) is 5.16. The zero-order chi connectivity index (χ0) is 16.2. The van der Waals surface area contributed by atoms with E-state index in [4.69, 9.17) is 0 Å². The van der Waals surface area contributed by atoms with Crippen molar-refractivity contribution in [2.45, 2.75) is 26.7 Å². The van der Waals surface area contributed by atoms with E-state index in [-0.39, 0.29) is 5.91 Å². The van der Waals surface area contributed by atoms with Crippen molar-refractivity contribution in [1.29, 1.82) is 0 Å². The highest BCUT2D eigenvalue weighted by Gasteiger charge is 2.20. The number of piperidine rings is 1. The van der Waals surface area contributed by atoms with Crippen LogP contribution in [0.2, 0.25) is 0 Å². The molecule has 1 saturated heterocycles. The fourth-order valence-corrected chi connectivity index (χ4v) is 3.50. The molecule has 0 radical (unpaired) electrons. The molecule has 1 aromatic heterocycles. The largest absolute Gasteiger partial charge is 0.376 e. The van der Waals surface area contributed by atoms with E-state index in [9.17, 15) is 4.79 Å². The van der Waals surface area contributed by atoms with Crippen molar-refractivity contribution in [3.05, 3.63) is 34.7 Å². The molecule has 0 unspecified atom stereocenters. The van der Waals surface area contributed by atoms with E-state index in [1.807, 2.05) is 36.1 Å². The average molecular weight is 329 g/mol. The highest BCUT2D eigenvalue weighted by Crippen LogP contribution is 2.28. The van der Waals surface area contributed by atoms with Gasteiger partial charge >= 0.3 is 0 Å². The Labute approximate surface area is 141 Å². The van der Waals surface area contributed by atoms with Gasteiger partial charge in [0.05, 0.1) is 17.2 Å². The van der Waals surface area contributed by atoms with Crippen LogP contribution in [0.15, 0.2) is 29.6 Å². The lowest BCUT2D eigenvalue weighted by molar-refractivity contribution is -0.130. The number of amides is 1. The number of carbonyl (C=O) groups is 1. The molecule has 0 aliphatic carbocycles. The third-order valence-electron chi connectivity index (χ3n) is 4.39. The number of carbonyl (C=O) groups excluding carboxylic acids is 1. The van der Waals surface area contributed by atoms with Crippen molar-refractivity contribution in [3.63, 3.8) is 0 Å². The zero-order valence-corrected chi connectivity index (χ0v) is 14.5. The molecule has 0 spiro atoms. The Kier molecular flexibility index (Phi) is 4.96. The number of thiazole rings is 1. The van der Waals surface area contributed by atoms with Crippen LogP contribution < -0.4 is 5.32 Å². The molecule has 0 saturated carbocycles. The van der Waals surface area contributed by atoms with Crippen molar-refractivity contribution >= 4 is 22.9 Å². The highest BCUT2D eigenvalue weighted by atomic mass is 32.1. The molecular formula is C18H23N3OS. The molecule has 3 rings (SSSR count). The number of hydrogen-bond acceptors (Lipinski definition) is 4. The normalized spacial score (nSPS) is 15.7. The number of rotatable bonds is 4. The van der Waals surface area contributed by atoms with Crippen molar-refractivity contribution in [3.8, 4) is 11.3 Å². The van der Waals surface area contributed by atoms with Gasteiger partial charge in [0.15, 0.2) is 0 Å². The van der Waals surface area contributed by atoms with Crippen LogP contribution in [0.25, 0.3) is 11.3 Å². The van der Waals surface area contributed by atoms with E-state index in [1.54, 1.807) is 11.3 Å². The lowest BCUT2D eigenvalue weighted by atomic mass is 9.99. The fraction of sp³-hybridized carbons (Fsp3) is 0.444. The zero-order valence-electron chi connectivity index (χ0n) is 13.7. The van der Waals surface area contributed by atoms with Gasteiger partial charge in [0.1, 0.15) is 0 Å². The van der Waals surface area contributed by atoms with Crippen LogP contribution in [0.4, 0.5) is 5.69 Å². The molecule has 1 aromatic carbocycles. The van der Waals surface area contributed by atoms with Crippen molar-refractivity contribution < 1.29 is 4.79 Å². The van der Waals surface area contributed by atoms with E-state index in [0.29, 0.717) is 6.54 Å². The Bertz CT molecular complexity index is 674. The smallest absolute Gasteiger partial charge is 0.241 e. The standard InChI is InChI=1S/C18H23N3OS/c1-13-7-9-21(10-8-13)18(22)11-19-16-6-4-3-5-15(16)17-12-23-14(2)20-17/h3-6,12-13,19H,7-11H2,1-2H3. The Morgan fingerprint density at radius 3 is 2.78 bits per heavy atom. The first kappa shape index (κ1) is 16.0. The molecule has 1 aliphatic heterocycles. The number of likely N-dealkylation sites (tertiary alicyclic amines) is 1. The second-order valence-corrected chi connectivity index (χ2v) is 7.28. The summed E-state index contributed by atoms with van der Waals surface area (Å²) in [5, 5.41) is 6.41. The van der Waals surface area contributed by atoms with Gasteiger partial charge < -0.3 is 10.2 Å². The summed E-state index contributed by atoms with van der Waals surface area (Å²) in [6, 6.07) is 8.04. The van der Waals surface area contributed by atoms with Crippen molar-refractivity contribution in [1.82, 2.24) is 9.88 Å². The van der Waals surface area contributed by atoms with Crippen LogP contribution in [-0.4, -0.2) is 35.4 Å². The van der Waals surface area contributed by atoms with Crippen molar-refractivity contribution in [2.75, 3.05) is 25.0 Å². The summed E-state index contributed by atoms with van der Waals surface area (Å²) >= 11 is 1.64. The van der Waals surface area contributed by atoms with E-state index >= 15 is 0 Å². The van der Waals surface area contributed by atoms with Gasteiger partial charge in [-0.2, -0.15) is 0 Å². The number of nitrogens with one attached hydrogen (secondary N) is 1. The second-order valence-electron chi connectivity index (χ2n) is 6.21. The summed E-state index contributed by atoms with van der Waals surface area (Å²) in [5.41, 5.74) is 2.99. The highest BCUT2D eigenvalue weighted by molar-refractivity contribution is 7.09. The van der Waals surface area contributed by atoms with Crippen LogP contribution in [0.1, 0.15) is 24.8 Å². The molecule has 2 aromatic rings. The van der Waals surface area contributed by atoms with E-state index in [2.05, 4.69) is 22.6 Å². The summed E-state index contributed by atoms with van der Waals surface area (Å²) in [4.78, 5) is 18.9. The first-order chi connectivity index (χ1) is 11.1. The van der Waals surface area contributed by atoms with Gasteiger partial charge in [0, 0.05) is 29.7 Å². The summed E-state index contributed by atoms with van der Waals surface area (Å²) in [5.74, 6) is 0.918. The predicted molar refractivity (Wildman–Crippen MR) is 95.8 cm³/mol. The maximum absolute atomic E-state index is 12.4. The maximum atomic E-state index is 12.4. The van der Waals surface area contributed by atoms with Gasteiger partial charge in [-0.05, 0) is 31.7 Å². The fourth-order valence-electron chi connectivity index (χ4n) is 2.89. The molecule has 1 amide bonds. The quantitative estimate of drug-likeness (QED) is 0.928. The predicted octanol–water partition coefficient (Wildman–Crippen LogP) is 3.79. The average Bonchev–Trinajstić information content (AvgIpc) is 3.00. The summed E-state index contributed by atoms with van der Waals surface area (Å²) in [7, 11) is 0. The number of anilines is 1. The Hall–Kier alpha value is -1.88. The van der Waals surface area contributed by atoms with Crippen LogP contribution >= 0.6 is 11.3 Å². The minimum atomic E-state index is 0.182. The Morgan fingerprint density at radius 2 is 2.09 bits per heavy atom. The monoisotopic (exact) mass is 329 g/mol. The van der Waals surface area contributed by atoms with E-state index in [0.717, 1.165) is 53.8 Å². The molecule has 5 heteroatoms. The lowest BCUT2D eigenvalue weighted by Gasteiger charge is -2.30. The molecule has 2 heterocycles. The van der Waals surface area contributed by atoms with Crippen LogP contribution in [-0.2, 0) is 4.79 Å². The first-order valence-corrected chi connectivity index (χ1v) is 9.04. The van der Waals surface area contributed by atoms with Gasteiger partial charge in [0.25, 0.3) is 0 Å². The van der Waals surface area contributed by atoms with Gasteiger partial charge in [0.2, 0.25) is 5.91 Å². The molecule has 1 N–H and O–H groups in total. The summed E-state index contributed by atoms with van der Waals surface area (Å²) < 4.78 is 0. The van der Waals surface area contributed by atoms with Crippen LogP contribution in [0.3, 0.4) is 0 Å². The van der Waals surface area contributed by atoms with Crippen LogP contribution in [0, 0.1) is 12.8 Å². The minimum Gasteiger partial charge on any atom is -0.376 e. The number of aromatic nitrogens is 1. The number of hydrogen-bond donors (Lipinski definition) is 1. The second kappa shape index (κ2) is 7.13. The van der Waals surface area contributed by atoms with E-state index < -0.39 is 0 Å². The van der Waals surface area contributed by atoms with Crippen molar-refractivity contribution in [2.24, 2.45) is 5.92 Å². The minimum absolute atomic E-state index is 0.182. The van der Waals surface area contributed by atoms with E-state index in [1.165, 1.54) is 0 Å². The first-order valence-electron chi connectivity index (χ1n) is 8.16. The summed E-state index contributed by atoms with van der Waals surface area (Å²) in [6.45, 7) is 6.37. The number of nitrogens with zero attached hydrogens (tertiary/aromatic N) is 2. The molecule has 23 heavy (non-hydrogen) atoms. The lowest BCUT2D eigenvalue weighted by Crippen LogP contribution is -2.40. The number of para-hydroxylation sites is 1. The van der Waals surface area contributed by atoms with Gasteiger partial charge in [-0.25, -0.2) is 4.98 Å². The number of aryl methyl sites for hydroxylation is 1. The Balaban J connectivity index is 1.65. The number of benzene rings is 1. The van der Waals surface area contributed by atoms with Gasteiger partial charge in [-0.1, -0.05) is 25.1 Å². The molecule has 4 nitrogen and oxygen atoms in total. The molecule has 1 fully saturated rings. The molecular weight excluding hydrogens is 306 g/mol. The molecule has 0 atom stereocenters. The van der Waals surface area contributed by atoms with Crippen LogP contribution in [0.5, 0.6) is 0 Å². The topological polar surface area (TPSA) is 45.2 Å². The third kappa shape index (κ3) is 3.91. The molecule has 0 bridgehead atoms. The van der Waals surface area contributed by atoms with Gasteiger partial charge in [-0.15, -0.1) is 11.3 Å². The summed E-state index contributed by atoms with van der Waals surface area (Å²) in [6.07, 6.45) is 2.22. The Morgan fingerprint density at radius 1 is 1.35 bits per heavy atom. The SMILES string of the molecule is Cc1nc(-c2ccccc2NCC(=O)N2CCC(C)CC2)cs1. The maximum Gasteiger partial charge on any atom is 0.241 e. The van der Waals surface area contributed by atoms with Gasteiger partial charge in [-0.3, -0.25) is 4.79 Å².